The standard InChI is InChI=1S/C25H42O5/c1-6-7-8-9-10-14-22-23(16-15-21(28)13-11-12-18(2)3)25(30-20(5)27)17-24(22)29-19(4)26/h12,15-16,21-25,28H,6-11,13-14,17H2,1-5H3/t21-,22-,23-,24+,25-/m1/s1. The van der Waals surface area contributed by atoms with Gasteiger partial charge in [-0.05, 0) is 33.1 Å². The van der Waals surface area contributed by atoms with Crippen LogP contribution in [-0.2, 0) is 19.1 Å². The van der Waals surface area contributed by atoms with Crippen LogP contribution in [0.5, 0.6) is 0 Å². The molecule has 1 fully saturated rings. The van der Waals surface area contributed by atoms with Gasteiger partial charge in [0.2, 0.25) is 0 Å². The van der Waals surface area contributed by atoms with Crippen LogP contribution in [0.4, 0.5) is 0 Å². The van der Waals surface area contributed by atoms with Crippen molar-refractivity contribution >= 4 is 11.9 Å². The molecule has 0 heterocycles. The molecular formula is C25H42O5. The van der Waals surface area contributed by atoms with Crippen LogP contribution >= 0.6 is 0 Å². The van der Waals surface area contributed by atoms with E-state index < -0.39 is 6.10 Å². The molecule has 0 aromatic heterocycles. The minimum absolute atomic E-state index is 0.0532. The molecule has 1 aliphatic rings. The van der Waals surface area contributed by atoms with E-state index in [0.717, 1.165) is 25.7 Å². The minimum atomic E-state index is -0.545. The maximum atomic E-state index is 11.6. The van der Waals surface area contributed by atoms with Crippen LogP contribution in [0.15, 0.2) is 23.8 Å². The first-order valence-corrected chi connectivity index (χ1v) is 11.6. The minimum Gasteiger partial charge on any atom is -0.462 e. The maximum Gasteiger partial charge on any atom is 0.302 e. The zero-order valence-electron chi connectivity index (χ0n) is 19.6. The molecule has 0 amide bonds. The fourth-order valence-electron chi connectivity index (χ4n) is 4.30. The Kier molecular flexibility index (Phi) is 12.7. The average molecular weight is 423 g/mol. The van der Waals surface area contributed by atoms with Crippen molar-refractivity contribution in [3.63, 3.8) is 0 Å². The van der Waals surface area contributed by atoms with Crippen molar-refractivity contribution in [2.24, 2.45) is 11.8 Å². The summed E-state index contributed by atoms with van der Waals surface area (Å²) < 4.78 is 11.2. The highest BCUT2D eigenvalue weighted by Gasteiger charge is 2.45. The van der Waals surface area contributed by atoms with Gasteiger partial charge in [-0.2, -0.15) is 0 Å². The summed E-state index contributed by atoms with van der Waals surface area (Å²) in [5.74, 6) is -0.583. The predicted molar refractivity (Wildman–Crippen MR) is 120 cm³/mol. The molecule has 5 nitrogen and oxygen atoms in total. The lowest BCUT2D eigenvalue weighted by atomic mass is 9.87. The van der Waals surface area contributed by atoms with Gasteiger partial charge in [0.1, 0.15) is 12.2 Å². The Bertz CT molecular complexity index is 576. The van der Waals surface area contributed by atoms with Gasteiger partial charge in [-0.15, -0.1) is 0 Å². The third-order valence-electron chi connectivity index (χ3n) is 5.71. The summed E-state index contributed by atoms with van der Waals surface area (Å²) in [6.07, 6.45) is 13.6. The van der Waals surface area contributed by atoms with Crippen molar-refractivity contribution in [1.82, 2.24) is 0 Å². The van der Waals surface area contributed by atoms with Gasteiger partial charge in [0, 0.05) is 32.1 Å². The van der Waals surface area contributed by atoms with E-state index >= 15 is 0 Å². The molecule has 1 N–H and O–H groups in total. The van der Waals surface area contributed by atoms with Gasteiger partial charge in [0.15, 0.2) is 0 Å². The molecule has 1 saturated carbocycles. The number of carbonyl (C=O) groups is 2. The van der Waals surface area contributed by atoms with Crippen LogP contribution in [0.2, 0.25) is 0 Å². The molecule has 0 saturated heterocycles. The highest BCUT2D eigenvalue weighted by molar-refractivity contribution is 5.67. The van der Waals surface area contributed by atoms with Gasteiger partial charge in [0.25, 0.3) is 0 Å². The van der Waals surface area contributed by atoms with E-state index in [2.05, 4.69) is 13.0 Å². The summed E-state index contributed by atoms with van der Waals surface area (Å²) in [5.41, 5.74) is 1.24. The fourth-order valence-corrected chi connectivity index (χ4v) is 4.30. The van der Waals surface area contributed by atoms with E-state index in [1.807, 2.05) is 26.0 Å². The molecule has 0 radical (unpaired) electrons. The van der Waals surface area contributed by atoms with Gasteiger partial charge in [0.05, 0.1) is 6.10 Å². The molecule has 0 bridgehead atoms. The number of ether oxygens (including phenoxy) is 2. The third-order valence-corrected chi connectivity index (χ3v) is 5.71. The summed E-state index contributed by atoms with van der Waals surface area (Å²) in [5, 5.41) is 10.4. The lowest BCUT2D eigenvalue weighted by Gasteiger charge is -2.24. The van der Waals surface area contributed by atoms with Crippen LogP contribution < -0.4 is 0 Å². The SMILES string of the molecule is CCCCCCC[C@@H]1[C@@H](C=C[C@H](O)CCC=C(C)C)[C@H](OC(C)=O)C[C@@H]1OC(C)=O. The first-order chi connectivity index (χ1) is 14.2. The molecule has 1 rings (SSSR count). The summed E-state index contributed by atoms with van der Waals surface area (Å²) in [7, 11) is 0. The molecular weight excluding hydrogens is 380 g/mol. The number of aliphatic hydroxyl groups excluding tert-OH is 1. The quantitative estimate of drug-likeness (QED) is 0.241. The van der Waals surface area contributed by atoms with Gasteiger partial charge in [-0.25, -0.2) is 0 Å². The number of allylic oxidation sites excluding steroid dienone is 2. The van der Waals surface area contributed by atoms with Crippen LogP contribution in [0.25, 0.3) is 0 Å². The second-order valence-electron chi connectivity index (χ2n) is 8.79. The molecule has 5 atom stereocenters. The van der Waals surface area contributed by atoms with Gasteiger partial charge in [-0.1, -0.05) is 62.8 Å². The van der Waals surface area contributed by atoms with Crippen molar-refractivity contribution in [2.45, 2.75) is 111 Å². The third kappa shape index (κ3) is 10.4. The van der Waals surface area contributed by atoms with Crippen molar-refractivity contribution in [3.8, 4) is 0 Å². The van der Waals surface area contributed by atoms with Crippen molar-refractivity contribution in [1.29, 1.82) is 0 Å². The second kappa shape index (κ2) is 14.4. The molecule has 0 aliphatic heterocycles. The molecule has 30 heavy (non-hydrogen) atoms. The van der Waals surface area contributed by atoms with Crippen molar-refractivity contribution < 1.29 is 24.2 Å². The van der Waals surface area contributed by atoms with E-state index in [9.17, 15) is 14.7 Å². The van der Waals surface area contributed by atoms with Gasteiger partial charge >= 0.3 is 11.9 Å². The number of hydrogen-bond donors (Lipinski definition) is 1. The molecule has 1 aliphatic carbocycles. The van der Waals surface area contributed by atoms with E-state index in [-0.39, 0.29) is 36.0 Å². The van der Waals surface area contributed by atoms with Crippen LogP contribution in [0, 0.1) is 11.8 Å². The number of rotatable bonds is 13. The van der Waals surface area contributed by atoms with E-state index in [1.54, 1.807) is 0 Å². The maximum absolute atomic E-state index is 11.6. The van der Waals surface area contributed by atoms with Crippen molar-refractivity contribution in [2.75, 3.05) is 0 Å². The molecule has 0 aromatic rings. The second-order valence-corrected chi connectivity index (χ2v) is 8.79. The Morgan fingerprint density at radius 1 is 1.00 bits per heavy atom. The van der Waals surface area contributed by atoms with E-state index in [0.29, 0.717) is 12.8 Å². The largest absolute Gasteiger partial charge is 0.462 e. The first-order valence-electron chi connectivity index (χ1n) is 11.6. The predicted octanol–water partition coefficient (Wildman–Crippen LogP) is 5.51. The van der Waals surface area contributed by atoms with Gasteiger partial charge < -0.3 is 14.6 Å². The monoisotopic (exact) mass is 422 g/mol. The molecule has 0 unspecified atom stereocenters. The fraction of sp³-hybridized carbons (Fsp3) is 0.760. The van der Waals surface area contributed by atoms with Gasteiger partial charge in [-0.3, -0.25) is 9.59 Å². The summed E-state index contributed by atoms with van der Waals surface area (Å²) in [6, 6.07) is 0. The van der Waals surface area contributed by atoms with E-state index in [4.69, 9.17) is 9.47 Å². The topological polar surface area (TPSA) is 72.8 Å². The summed E-state index contributed by atoms with van der Waals surface area (Å²) >= 11 is 0. The normalized spacial score (nSPS) is 24.6. The molecule has 172 valence electrons. The number of carbonyl (C=O) groups excluding carboxylic acids is 2. The Morgan fingerprint density at radius 3 is 2.23 bits per heavy atom. The van der Waals surface area contributed by atoms with E-state index in [1.165, 1.54) is 38.7 Å². The van der Waals surface area contributed by atoms with Crippen molar-refractivity contribution in [3.05, 3.63) is 23.8 Å². The zero-order valence-corrected chi connectivity index (χ0v) is 19.6. The summed E-state index contributed by atoms with van der Waals surface area (Å²) in [4.78, 5) is 23.3. The highest BCUT2D eigenvalue weighted by Crippen LogP contribution is 2.41. The van der Waals surface area contributed by atoms with Crippen LogP contribution in [-0.4, -0.2) is 35.4 Å². The highest BCUT2D eigenvalue weighted by atomic mass is 16.6. The number of unbranched alkanes of at least 4 members (excludes halogenated alkanes) is 4. The lowest BCUT2D eigenvalue weighted by Crippen LogP contribution is -2.25. The van der Waals surface area contributed by atoms with Crippen LogP contribution in [0.3, 0.4) is 0 Å². The Hall–Kier alpha value is -1.62. The molecule has 0 aromatic carbocycles. The molecule has 5 heteroatoms. The summed E-state index contributed by atoms with van der Waals surface area (Å²) in [6.45, 7) is 9.12. The zero-order chi connectivity index (χ0) is 22.5. The number of esters is 2. The smallest absolute Gasteiger partial charge is 0.302 e. The number of aliphatic hydroxyl groups is 1. The average Bonchev–Trinajstić information content (AvgIpc) is 2.94. The Balaban J connectivity index is 2.88. The Labute approximate surface area is 182 Å². The molecule has 0 spiro atoms. The Morgan fingerprint density at radius 2 is 1.63 bits per heavy atom. The van der Waals surface area contributed by atoms with Crippen LogP contribution in [0.1, 0.15) is 92.4 Å². The first kappa shape index (κ1) is 26.4. The lowest BCUT2D eigenvalue weighted by molar-refractivity contribution is -0.149. The number of hydrogen-bond acceptors (Lipinski definition) is 5.